The van der Waals surface area contributed by atoms with Crippen molar-refractivity contribution in [2.75, 3.05) is 0 Å². The summed E-state index contributed by atoms with van der Waals surface area (Å²) in [5.41, 5.74) is 4.80. The van der Waals surface area contributed by atoms with Crippen molar-refractivity contribution in [1.82, 2.24) is 0 Å². The minimum atomic E-state index is -0.469. The van der Waals surface area contributed by atoms with Crippen molar-refractivity contribution >= 4 is 11.7 Å². The van der Waals surface area contributed by atoms with Crippen molar-refractivity contribution in [2.45, 2.75) is 19.8 Å². The minimum absolute atomic E-state index is 0.120. The molecule has 0 saturated heterocycles. The Hall–Kier alpha value is -1.12. The van der Waals surface area contributed by atoms with E-state index in [-0.39, 0.29) is 5.78 Å². The van der Waals surface area contributed by atoms with E-state index in [0.29, 0.717) is 12.8 Å². The van der Waals surface area contributed by atoms with Gasteiger partial charge in [-0.3, -0.25) is 4.79 Å². The normalized spacial score (nSPS) is 10.1. The molecule has 0 aliphatic rings. The molecule has 0 heterocycles. The number of carbonyl (C=O) groups excluding carboxylic acids is 2. The highest BCUT2D eigenvalue weighted by Gasteiger charge is 1.88. The van der Waals surface area contributed by atoms with Crippen molar-refractivity contribution in [3.8, 4) is 0 Å². The van der Waals surface area contributed by atoms with Crippen LogP contribution in [-0.4, -0.2) is 11.7 Å². The van der Waals surface area contributed by atoms with Gasteiger partial charge in [-0.25, -0.2) is 0 Å². The number of allylic oxidation sites excluding steroid dienone is 1. The van der Waals surface area contributed by atoms with Crippen LogP contribution in [0.25, 0.3) is 0 Å². The first-order valence-electron chi connectivity index (χ1n) is 3.08. The van der Waals surface area contributed by atoms with Gasteiger partial charge in [-0.1, -0.05) is 6.08 Å². The summed E-state index contributed by atoms with van der Waals surface area (Å²) in [5.74, 6) is -0.349. The molecule has 0 radical (unpaired) electrons. The summed E-state index contributed by atoms with van der Waals surface area (Å²) in [4.78, 5) is 20.4. The monoisotopic (exact) mass is 141 g/mol. The second-order valence-electron chi connectivity index (χ2n) is 2.05. The summed E-state index contributed by atoms with van der Waals surface area (Å²) in [6.07, 6.45) is 3.94. The van der Waals surface area contributed by atoms with E-state index < -0.39 is 5.91 Å². The maximum Gasteiger partial charge on any atom is 0.241 e. The van der Waals surface area contributed by atoms with E-state index in [1.807, 2.05) is 0 Å². The van der Waals surface area contributed by atoms with Crippen LogP contribution in [-0.2, 0) is 9.59 Å². The Labute approximate surface area is 59.9 Å². The Bertz CT molecular complexity index is 161. The van der Waals surface area contributed by atoms with Crippen molar-refractivity contribution in [2.24, 2.45) is 5.73 Å². The minimum Gasteiger partial charge on any atom is -0.366 e. The first-order chi connectivity index (χ1) is 4.63. The summed E-state index contributed by atoms with van der Waals surface area (Å²) in [7, 11) is 0. The van der Waals surface area contributed by atoms with E-state index >= 15 is 0 Å². The van der Waals surface area contributed by atoms with Gasteiger partial charge in [0.25, 0.3) is 0 Å². The predicted octanol–water partition coefficient (Wildman–Crippen LogP) is 0.397. The third-order valence-electron chi connectivity index (χ3n) is 0.945. The highest BCUT2D eigenvalue weighted by atomic mass is 16.1. The first-order valence-corrected chi connectivity index (χ1v) is 3.08. The van der Waals surface area contributed by atoms with Gasteiger partial charge in [-0.2, -0.15) is 0 Å². The number of carbonyl (C=O) groups is 2. The lowest BCUT2D eigenvalue weighted by molar-refractivity contribution is -0.117. The predicted molar refractivity (Wildman–Crippen MR) is 38.2 cm³/mol. The summed E-state index contributed by atoms with van der Waals surface area (Å²) < 4.78 is 0. The lowest BCUT2D eigenvalue weighted by atomic mass is 10.2. The Morgan fingerprint density at radius 1 is 1.50 bits per heavy atom. The van der Waals surface area contributed by atoms with Crippen LogP contribution < -0.4 is 5.73 Å². The summed E-state index contributed by atoms with van der Waals surface area (Å²) >= 11 is 0. The number of primary amides is 1. The number of Topliss-reactive ketones (excluding diaryl/α,β-unsaturated/α-hetero) is 1. The molecule has 0 rings (SSSR count). The number of nitrogens with two attached hydrogens (primary N) is 1. The summed E-state index contributed by atoms with van der Waals surface area (Å²) in [6.45, 7) is 1.51. The van der Waals surface area contributed by atoms with Crippen molar-refractivity contribution in [3.05, 3.63) is 12.2 Å². The van der Waals surface area contributed by atoms with Gasteiger partial charge in [0.2, 0.25) is 5.91 Å². The zero-order valence-corrected chi connectivity index (χ0v) is 5.96. The molecule has 0 aliphatic heterocycles. The molecule has 56 valence electrons. The fraction of sp³-hybridized carbons (Fsp3) is 0.429. The highest BCUT2D eigenvalue weighted by Crippen LogP contribution is 1.90. The van der Waals surface area contributed by atoms with Gasteiger partial charge in [0, 0.05) is 6.42 Å². The maximum absolute atomic E-state index is 10.3. The van der Waals surface area contributed by atoms with Gasteiger partial charge in [-0.15, -0.1) is 0 Å². The number of rotatable bonds is 4. The SMILES string of the molecule is CC(=O)CCC=CC(N)=O. The lowest BCUT2D eigenvalue weighted by Gasteiger charge is -1.85. The van der Waals surface area contributed by atoms with Gasteiger partial charge in [0.1, 0.15) is 5.78 Å². The van der Waals surface area contributed by atoms with E-state index in [9.17, 15) is 9.59 Å². The molecule has 3 heteroatoms. The Morgan fingerprint density at radius 3 is 2.50 bits per heavy atom. The third kappa shape index (κ3) is 6.88. The molecule has 0 aliphatic carbocycles. The molecule has 0 aromatic carbocycles. The van der Waals surface area contributed by atoms with Crippen LogP contribution in [0.5, 0.6) is 0 Å². The van der Waals surface area contributed by atoms with E-state index in [0.717, 1.165) is 0 Å². The number of hydrogen-bond acceptors (Lipinski definition) is 2. The molecule has 0 atom stereocenters. The molecule has 0 aromatic heterocycles. The molecular formula is C7H11NO2. The molecule has 0 bridgehead atoms. The highest BCUT2D eigenvalue weighted by molar-refractivity contribution is 5.85. The second kappa shape index (κ2) is 4.73. The topological polar surface area (TPSA) is 60.2 Å². The fourth-order valence-corrected chi connectivity index (χ4v) is 0.486. The van der Waals surface area contributed by atoms with Crippen LogP contribution in [0.4, 0.5) is 0 Å². The number of hydrogen-bond donors (Lipinski definition) is 1. The van der Waals surface area contributed by atoms with Gasteiger partial charge < -0.3 is 10.5 Å². The van der Waals surface area contributed by atoms with Crippen molar-refractivity contribution in [3.63, 3.8) is 0 Å². The van der Waals surface area contributed by atoms with E-state index in [2.05, 4.69) is 0 Å². The molecule has 3 nitrogen and oxygen atoms in total. The number of ketones is 1. The summed E-state index contributed by atoms with van der Waals surface area (Å²) in [5, 5.41) is 0. The Morgan fingerprint density at radius 2 is 2.10 bits per heavy atom. The maximum atomic E-state index is 10.3. The van der Waals surface area contributed by atoms with Gasteiger partial charge in [0.15, 0.2) is 0 Å². The number of amides is 1. The smallest absolute Gasteiger partial charge is 0.241 e. The third-order valence-corrected chi connectivity index (χ3v) is 0.945. The molecule has 0 spiro atoms. The molecule has 0 unspecified atom stereocenters. The Balaban J connectivity index is 3.36. The lowest BCUT2D eigenvalue weighted by Crippen LogP contribution is -2.05. The molecule has 0 saturated carbocycles. The zero-order chi connectivity index (χ0) is 7.98. The van der Waals surface area contributed by atoms with Crippen LogP contribution in [0.3, 0.4) is 0 Å². The quantitative estimate of drug-likeness (QED) is 0.576. The molecule has 0 aromatic rings. The fourth-order valence-electron chi connectivity index (χ4n) is 0.486. The zero-order valence-electron chi connectivity index (χ0n) is 5.96. The van der Waals surface area contributed by atoms with Gasteiger partial charge in [0.05, 0.1) is 0 Å². The van der Waals surface area contributed by atoms with Crippen molar-refractivity contribution < 1.29 is 9.59 Å². The molecular weight excluding hydrogens is 130 g/mol. The van der Waals surface area contributed by atoms with E-state index in [1.165, 1.54) is 13.0 Å². The largest absolute Gasteiger partial charge is 0.366 e. The molecule has 2 N–H and O–H groups in total. The van der Waals surface area contributed by atoms with Crippen LogP contribution in [0, 0.1) is 0 Å². The summed E-state index contributed by atoms with van der Waals surface area (Å²) in [6, 6.07) is 0. The van der Waals surface area contributed by atoms with Crippen LogP contribution in [0.15, 0.2) is 12.2 Å². The molecule has 10 heavy (non-hydrogen) atoms. The van der Waals surface area contributed by atoms with Crippen molar-refractivity contribution in [1.29, 1.82) is 0 Å². The standard InChI is InChI=1S/C7H11NO2/c1-6(9)4-2-3-5-7(8)10/h3,5H,2,4H2,1H3,(H2,8,10). The Kier molecular flexibility index (Phi) is 4.20. The first kappa shape index (κ1) is 8.88. The van der Waals surface area contributed by atoms with Crippen LogP contribution >= 0.6 is 0 Å². The van der Waals surface area contributed by atoms with E-state index in [4.69, 9.17) is 5.73 Å². The average Bonchev–Trinajstić information content (AvgIpc) is 1.79. The average molecular weight is 141 g/mol. The second-order valence-corrected chi connectivity index (χ2v) is 2.05. The van der Waals surface area contributed by atoms with Gasteiger partial charge >= 0.3 is 0 Å². The van der Waals surface area contributed by atoms with E-state index in [1.54, 1.807) is 6.08 Å². The molecule has 1 amide bonds. The molecule has 0 fully saturated rings. The van der Waals surface area contributed by atoms with Crippen LogP contribution in [0.2, 0.25) is 0 Å². The van der Waals surface area contributed by atoms with Gasteiger partial charge in [-0.05, 0) is 19.4 Å². The van der Waals surface area contributed by atoms with Crippen LogP contribution in [0.1, 0.15) is 19.8 Å².